The second-order valence-corrected chi connectivity index (χ2v) is 15.6. The zero-order valence-corrected chi connectivity index (χ0v) is 24.1. The standard InChI is InChI=1S/C24H37N3O6SSi/c1-14-19(30-7)11-20(33-35(9,10)24(4,5)6)17(21(14)23(29)31-8)12-34-13-18(26-16(3)28)22-25-15(2)27-32-22/h11,18H,12-13H2,1-10H3,(H,26,28). The maximum atomic E-state index is 12.9. The molecule has 0 bridgehead atoms. The van der Waals surface area contributed by atoms with Crippen molar-refractivity contribution in [2.75, 3.05) is 20.0 Å². The fourth-order valence-corrected chi connectivity index (χ4v) is 5.30. The number of nitrogens with zero attached hydrogens (tertiary/aromatic N) is 2. The number of ether oxygens (including phenoxy) is 2. The lowest BCUT2D eigenvalue weighted by Gasteiger charge is -2.37. The Kier molecular flexibility index (Phi) is 9.40. The highest BCUT2D eigenvalue weighted by molar-refractivity contribution is 7.98. The molecule has 0 fully saturated rings. The molecule has 0 aliphatic carbocycles. The summed E-state index contributed by atoms with van der Waals surface area (Å²) in [5, 5.41) is 6.64. The predicted octanol–water partition coefficient (Wildman–Crippen LogP) is 4.98. The molecule has 1 amide bonds. The second-order valence-electron chi connectivity index (χ2n) is 9.86. The molecule has 0 aliphatic rings. The normalized spacial score (nSPS) is 12.7. The summed E-state index contributed by atoms with van der Waals surface area (Å²) in [7, 11) is 0.688. The largest absolute Gasteiger partial charge is 0.543 e. The molecular weight excluding hydrogens is 486 g/mol. The molecule has 1 atom stereocenters. The number of benzene rings is 1. The van der Waals surface area contributed by atoms with Crippen LogP contribution in [0, 0.1) is 13.8 Å². The van der Waals surface area contributed by atoms with Crippen molar-refractivity contribution < 1.29 is 28.0 Å². The van der Waals surface area contributed by atoms with Crippen LogP contribution in [0.4, 0.5) is 0 Å². The molecular formula is C24H37N3O6SSi. The first-order valence-electron chi connectivity index (χ1n) is 11.3. The predicted molar refractivity (Wildman–Crippen MR) is 139 cm³/mol. The number of carbonyl (C=O) groups is 2. The minimum Gasteiger partial charge on any atom is -0.543 e. The lowest BCUT2D eigenvalue weighted by Crippen LogP contribution is -2.44. The number of rotatable bonds is 10. The molecule has 0 spiro atoms. The van der Waals surface area contributed by atoms with Gasteiger partial charge in [0.2, 0.25) is 20.1 Å². The molecule has 9 nitrogen and oxygen atoms in total. The maximum Gasteiger partial charge on any atom is 0.338 e. The van der Waals surface area contributed by atoms with Crippen molar-refractivity contribution in [3.8, 4) is 11.5 Å². The Balaban J connectivity index is 2.48. The minimum atomic E-state index is -2.24. The Morgan fingerprint density at radius 3 is 2.34 bits per heavy atom. The summed E-state index contributed by atoms with van der Waals surface area (Å²) in [6, 6.07) is 1.38. The number of hydrogen-bond donors (Lipinski definition) is 1. The molecule has 0 radical (unpaired) electrons. The van der Waals surface area contributed by atoms with Crippen molar-refractivity contribution in [3.63, 3.8) is 0 Å². The minimum absolute atomic E-state index is 0.0483. The van der Waals surface area contributed by atoms with E-state index in [-0.39, 0.29) is 10.9 Å². The topological polar surface area (TPSA) is 113 Å². The Labute approximate surface area is 212 Å². The summed E-state index contributed by atoms with van der Waals surface area (Å²) in [4.78, 5) is 28.9. The van der Waals surface area contributed by atoms with Crippen molar-refractivity contribution in [2.45, 2.75) is 71.5 Å². The van der Waals surface area contributed by atoms with Gasteiger partial charge in [-0.05, 0) is 32.0 Å². The van der Waals surface area contributed by atoms with Crippen LogP contribution >= 0.6 is 11.8 Å². The third-order valence-electron chi connectivity index (χ3n) is 6.14. The van der Waals surface area contributed by atoms with Crippen molar-refractivity contribution in [2.24, 2.45) is 0 Å². The van der Waals surface area contributed by atoms with Crippen LogP contribution in [0.2, 0.25) is 18.1 Å². The van der Waals surface area contributed by atoms with Crippen LogP contribution in [0.25, 0.3) is 0 Å². The van der Waals surface area contributed by atoms with E-state index in [1.165, 1.54) is 25.8 Å². The Morgan fingerprint density at radius 1 is 1.20 bits per heavy atom. The summed E-state index contributed by atoms with van der Waals surface area (Å²) in [6.45, 7) is 15.8. The molecule has 0 saturated heterocycles. The molecule has 0 saturated carbocycles. The summed E-state index contributed by atoms with van der Waals surface area (Å²) in [6.07, 6.45) is 0. The molecule has 1 heterocycles. The van der Waals surface area contributed by atoms with E-state index in [1.807, 2.05) is 13.0 Å². The highest BCUT2D eigenvalue weighted by Crippen LogP contribution is 2.42. The van der Waals surface area contributed by atoms with Crippen LogP contribution < -0.4 is 14.5 Å². The van der Waals surface area contributed by atoms with Gasteiger partial charge in [-0.2, -0.15) is 16.7 Å². The number of thioether (sulfide) groups is 1. The number of nitrogens with one attached hydrogen (secondary N) is 1. The smallest absolute Gasteiger partial charge is 0.338 e. The number of esters is 1. The third kappa shape index (κ3) is 7.00. The first kappa shape index (κ1) is 28.7. The van der Waals surface area contributed by atoms with Gasteiger partial charge in [0.25, 0.3) is 0 Å². The monoisotopic (exact) mass is 523 g/mol. The van der Waals surface area contributed by atoms with Crippen molar-refractivity contribution >= 4 is 32.0 Å². The fraction of sp³-hybridized carbons (Fsp3) is 0.583. The summed E-state index contributed by atoms with van der Waals surface area (Å²) in [5.74, 6) is 2.22. The number of methoxy groups -OCH3 is 2. The lowest BCUT2D eigenvalue weighted by atomic mass is 10.0. The van der Waals surface area contributed by atoms with Crippen LogP contribution in [0.1, 0.15) is 66.9 Å². The zero-order chi connectivity index (χ0) is 26.6. The molecule has 1 aromatic carbocycles. The first-order chi connectivity index (χ1) is 16.2. The summed E-state index contributed by atoms with van der Waals surface area (Å²) < 4.78 is 22.6. The van der Waals surface area contributed by atoms with Crippen LogP contribution in [0.3, 0.4) is 0 Å². The number of amides is 1. The van der Waals surface area contributed by atoms with Gasteiger partial charge in [0.15, 0.2) is 5.82 Å². The van der Waals surface area contributed by atoms with Gasteiger partial charge >= 0.3 is 5.97 Å². The summed E-state index contributed by atoms with van der Waals surface area (Å²) >= 11 is 1.52. The van der Waals surface area contributed by atoms with Crippen molar-refractivity contribution in [1.82, 2.24) is 15.5 Å². The van der Waals surface area contributed by atoms with Crippen LogP contribution in [-0.4, -0.2) is 50.3 Å². The van der Waals surface area contributed by atoms with Gasteiger partial charge < -0.3 is 23.7 Å². The van der Waals surface area contributed by atoms with Crippen molar-refractivity contribution in [1.29, 1.82) is 0 Å². The molecule has 194 valence electrons. The maximum absolute atomic E-state index is 12.9. The number of aromatic nitrogens is 2. The number of hydrogen-bond acceptors (Lipinski definition) is 9. The van der Waals surface area contributed by atoms with Crippen LogP contribution in [-0.2, 0) is 15.3 Å². The SMILES string of the molecule is COC(=O)c1c(C)c(OC)cc(O[Si](C)(C)C(C)(C)C)c1CSCC(NC(C)=O)c1nc(C)no1. The average Bonchev–Trinajstić information content (AvgIpc) is 3.19. The average molecular weight is 524 g/mol. The van der Waals surface area contributed by atoms with E-state index >= 15 is 0 Å². The lowest BCUT2D eigenvalue weighted by molar-refractivity contribution is -0.119. The molecule has 2 aromatic rings. The van der Waals surface area contributed by atoms with Gasteiger partial charge in [0.05, 0.1) is 19.8 Å². The van der Waals surface area contributed by atoms with E-state index in [0.717, 1.165) is 5.56 Å². The third-order valence-corrected chi connectivity index (χ3v) is 11.5. The highest BCUT2D eigenvalue weighted by atomic mass is 32.2. The van der Waals surface area contributed by atoms with E-state index in [9.17, 15) is 9.59 Å². The molecule has 11 heteroatoms. The number of carbonyl (C=O) groups excluding carboxylic acids is 2. The molecule has 1 N–H and O–H groups in total. The van der Waals surface area contributed by atoms with Crippen LogP contribution in [0.15, 0.2) is 10.6 Å². The molecule has 0 aliphatic heterocycles. The Morgan fingerprint density at radius 2 is 1.86 bits per heavy atom. The zero-order valence-electron chi connectivity index (χ0n) is 22.3. The highest BCUT2D eigenvalue weighted by Gasteiger charge is 2.40. The Bertz CT molecular complexity index is 1060. The fourth-order valence-electron chi connectivity index (χ4n) is 3.19. The van der Waals surface area contributed by atoms with Crippen molar-refractivity contribution in [3.05, 3.63) is 34.5 Å². The van der Waals surface area contributed by atoms with E-state index < -0.39 is 20.3 Å². The summed E-state index contributed by atoms with van der Waals surface area (Å²) in [5.41, 5.74) is 1.84. The van der Waals surface area contributed by atoms with E-state index in [2.05, 4.69) is 49.3 Å². The van der Waals surface area contributed by atoms with Gasteiger partial charge in [-0.3, -0.25) is 4.79 Å². The molecule has 35 heavy (non-hydrogen) atoms. The van der Waals surface area contributed by atoms with E-state index in [4.69, 9.17) is 18.4 Å². The number of aryl methyl sites for hydroxylation is 1. The van der Waals surface area contributed by atoms with Gasteiger partial charge in [0, 0.05) is 35.6 Å². The van der Waals surface area contributed by atoms with Crippen LogP contribution in [0.5, 0.6) is 11.5 Å². The molecule has 1 unspecified atom stereocenters. The van der Waals surface area contributed by atoms with Gasteiger partial charge in [-0.25, -0.2) is 4.79 Å². The quantitative estimate of drug-likeness (QED) is 0.340. The molecule has 1 aromatic heterocycles. The van der Waals surface area contributed by atoms with E-state index in [0.29, 0.717) is 45.8 Å². The molecule has 2 rings (SSSR count). The Hall–Kier alpha value is -2.53. The van der Waals surface area contributed by atoms with Gasteiger partial charge in [0.1, 0.15) is 17.5 Å². The first-order valence-corrected chi connectivity index (χ1v) is 15.4. The van der Waals surface area contributed by atoms with Gasteiger partial charge in [-0.15, -0.1) is 0 Å². The van der Waals surface area contributed by atoms with Gasteiger partial charge in [-0.1, -0.05) is 25.9 Å². The van der Waals surface area contributed by atoms with E-state index in [1.54, 1.807) is 14.0 Å². The second kappa shape index (κ2) is 11.5.